The van der Waals surface area contributed by atoms with Crippen molar-refractivity contribution in [2.75, 3.05) is 13.2 Å². The van der Waals surface area contributed by atoms with Crippen molar-refractivity contribution in [3.63, 3.8) is 0 Å². The highest BCUT2D eigenvalue weighted by Crippen LogP contribution is 2.01. The van der Waals surface area contributed by atoms with E-state index in [1.165, 1.54) is 6.08 Å². The summed E-state index contributed by atoms with van der Waals surface area (Å²) in [5.41, 5.74) is 1.67. The van der Waals surface area contributed by atoms with Gasteiger partial charge < -0.3 is 10.1 Å². The Labute approximate surface area is 131 Å². The summed E-state index contributed by atoms with van der Waals surface area (Å²) < 4.78 is 5.09. The molecule has 0 radical (unpaired) electrons. The molecule has 22 heavy (non-hydrogen) atoms. The van der Waals surface area contributed by atoms with Crippen LogP contribution in [-0.4, -0.2) is 25.0 Å². The lowest BCUT2D eigenvalue weighted by atomic mass is 10.2. The molecule has 0 fully saturated rings. The molecule has 0 unspecified atom stereocenters. The second-order valence-corrected chi connectivity index (χ2v) is 4.85. The van der Waals surface area contributed by atoms with Gasteiger partial charge in [-0.2, -0.15) is 0 Å². The number of benzene rings is 1. The van der Waals surface area contributed by atoms with Gasteiger partial charge in [-0.25, -0.2) is 4.79 Å². The molecule has 0 saturated carbocycles. The fraction of sp³-hybridized carbons (Fsp3) is 0.333. The van der Waals surface area contributed by atoms with Gasteiger partial charge in [-0.15, -0.1) is 0 Å². The van der Waals surface area contributed by atoms with Crippen molar-refractivity contribution in [3.8, 4) is 0 Å². The standard InChI is InChI=1S/C18H23NO3/c1-3-15(2)18(21)19-13-7-8-14-22-17(20)12-11-16-9-5-4-6-10-16/h3-6,9-12H,7-8,13-14H2,1-2H3,(H,19,21)/b12-11?,15-3+. The Hall–Kier alpha value is -2.36. The maximum absolute atomic E-state index is 11.5. The van der Waals surface area contributed by atoms with Gasteiger partial charge in [-0.1, -0.05) is 36.4 Å². The summed E-state index contributed by atoms with van der Waals surface area (Å²) in [5, 5.41) is 2.81. The average molecular weight is 301 g/mol. The Balaban J connectivity index is 2.11. The summed E-state index contributed by atoms with van der Waals surface area (Å²) in [5.74, 6) is -0.400. The number of esters is 1. The van der Waals surface area contributed by atoms with Gasteiger partial charge in [0.25, 0.3) is 0 Å². The smallest absolute Gasteiger partial charge is 0.330 e. The van der Waals surface area contributed by atoms with Crippen molar-refractivity contribution in [1.29, 1.82) is 0 Å². The van der Waals surface area contributed by atoms with Gasteiger partial charge in [0.05, 0.1) is 6.61 Å². The Morgan fingerprint density at radius 2 is 1.91 bits per heavy atom. The van der Waals surface area contributed by atoms with E-state index in [1.807, 2.05) is 37.3 Å². The summed E-state index contributed by atoms with van der Waals surface area (Å²) in [6, 6.07) is 9.58. The van der Waals surface area contributed by atoms with Gasteiger partial charge in [-0.05, 0) is 38.3 Å². The van der Waals surface area contributed by atoms with Gasteiger partial charge in [0.15, 0.2) is 0 Å². The first-order valence-corrected chi connectivity index (χ1v) is 7.44. The van der Waals surface area contributed by atoms with Crippen molar-refractivity contribution in [2.24, 2.45) is 0 Å². The highest BCUT2D eigenvalue weighted by Gasteiger charge is 2.01. The zero-order valence-corrected chi connectivity index (χ0v) is 13.2. The summed E-state index contributed by atoms with van der Waals surface area (Å²) in [7, 11) is 0. The monoisotopic (exact) mass is 301 g/mol. The van der Waals surface area contributed by atoms with Crippen molar-refractivity contribution >= 4 is 18.0 Å². The third-order valence-corrected chi connectivity index (χ3v) is 3.10. The molecule has 4 nitrogen and oxygen atoms in total. The van der Waals surface area contributed by atoms with Crippen LogP contribution in [0.15, 0.2) is 48.1 Å². The lowest BCUT2D eigenvalue weighted by Crippen LogP contribution is -2.25. The predicted molar refractivity (Wildman–Crippen MR) is 88.1 cm³/mol. The number of carbonyl (C=O) groups is 2. The SMILES string of the molecule is C/C=C(\C)C(=O)NCCCCOC(=O)C=Cc1ccccc1. The van der Waals surface area contributed by atoms with Crippen LogP contribution in [0.2, 0.25) is 0 Å². The van der Waals surface area contributed by atoms with Crippen LogP contribution in [0.3, 0.4) is 0 Å². The fourth-order valence-corrected chi connectivity index (χ4v) is 1.65. The van der Waals surface area contributed by atoms with E-state index in [0.717, 1.165) is 18.4 Å². The van der Waals surface area contributed by atoms with Crippen LogP contribution in [0.5, 0.6) is 0 Å². The topological polar surface area (TPSA) is 55.4 Å². The van der Waals surface area contributed by atoms with Crippen LogP contribution in [0.4, 0.5) is 0 Å². The van der Waals surface area contributed by atoms with Crippen LogP contribution < -0.4 is 5.32 Å². The quantitative estimate of drug-likeness (QED) is 0.456. The molecule has 1 rings (SSSR count). The minimum Gasteiger partial charge on any atom is -0.463 e. The fourth-order valence-electron chi connectivity index (χ4n) is 1.65. The Kier molecular flexibility index (Phi) is 8.35. The molecule has 4 heteroatoms. The van der Waals surface area contributed by atoms with Gasteiger partial charge in [0, 0.05) is 18.2 Å². The average Bonchev–Trinajstić information content (AvgIpc) is 2.56. The van der Waals surface area contributed by atoms with Crippen LogP contribution in [0.1, 0.15) is 32.3 Å². The molecule has 0 bridgehead atoms. The summed E-state index contributed by atoms with van der Waals surface area (Å²) in [6.07, 6.45) is 6.42. The molecule has 0 spiro atoms. The first-order chi connectivity index (χ1) is 10.6. The molecule has 0 heterocycles. The van der Waals surface area contributed by atoms with Gasteiger partial charge in [-0.3, -0.25) is 4.79 Å². The van der Waals surface area contributed by atoms with Gasteiger partial charge in [0.1, 0.15) is 0 Å². The number of nitrogens with one attached hydrogen (secondary N) is 1. The van der Waals surface area contributed by atoms with E-state index in [-0.39, 0.29) is 11.9 Å². The number of hydrogen-bond acceptors (Lipinski definition) is 3. The van der Waals surface area contributed by atoms with E-state index in [0.29, 0.717) is 18.7 Å². The van der Waals surface area contributed by atoms with E-state index in [9.17, 15) is 9.59 Å². The van der Waals surface area contributed by atoms with E-state index in [1.54, 1.807) is 19.1 Å². The summed E-state index contributed by atoms with van der Waals surface area (Å²) in [6.45, 7) is 4.55. The van der Waals surface area contributed by atoms with E-state index < -0.39 is 0 Å². The normalized spacial score (nSPS) is 11.5. The first-order valence-electron chi connectivity index (χ1n) is 7.44. The number of allylic oxidation sites excluding steroid dienone is 1. The minimum absolute atomic E-state index is 0.0507. The molecular formula is C18H23NO3. The number of rotatable bonds is 8. The molecule has 1 N–H and O–H groups in total. The summed E-state index contributed by atoms with van der Waals surface area (Å²) >= 11 is 0. The third-order valence-electron chi connectivity index (χ3n) is 3.10. The second kappa shape index (κ2) is 10.4. The lowest BCUT2D eigenvalue weighted by Gasteiger charge is -2.05. The van der Waals surface area contributed by atoms with E-state index in [4.69, 9.17) is 4.74 Å². The van der Waals surface area contributed by atoms with Gasteiger partial charge >= 0.3 is 5.97 Å². The Bertz CT molecular complexity index is 533. The molecule has 1 aromatic rings. The lowest BCUT2D eigenvalue weighted by molar-refractivity contribution is -0.137. The molecule has 0 aromatic heterocycles. The number of amides is 1. The van der Waals surface area contributed by atoms with Gasteiger partial charge in [0.2, 0.25) is 5.91 Å². The van der Waals surface area contributed by atoms with Crippen LogP contribution in [0.25, 0.3) is 6.08 Å². The van der Waals surface area contributed by atoms with Crippen LogP contribution >= 0.6 is 0 Å². The molecular weight excluding hydrogens is 278 g/mol. The Morgan fingerprint density at radius 3 is 2.59 bits per heavy atom. The van der Waals surface area contributed by atoms with E-state index in [2.05, 4.69) is 5.32 Å². The molecule has 0 saturated heterocycles. The first kappa shape index (κ1) is 17.7. The zero-order valence-electron chi connectivity index (χ0n) is 13.2. The number of unbranched alkanes of at least 4 members (excludes halogenated alkanes) is 1. The summed E-state index contributed by atoms with van der Waals surface area (Å²) in [4.78, 5) is 23.0. The molecule has 0 aliphatic carbocycles. The molecule has 1 amide bonds. The zero-order chi connectivity index (χ0) is 16.2. The van der Waals surface area contributed by atoms with E-state index >= 15 is 0 Å². The second-order valence-electron chi connectivity index (χ2n) is 4.85. The highest BCUT2D eigenvalue weighted by atomic mass is 16.5. The molecule has 0 aliphatic rings. The molecule has 1 aromatic carbocycles. The molecule has 118 valence electrons. The minimum atomic E-state index is -0.349. The van der Waals surface area contributed by atoms with Crippen LogP contribution in [0, 0.1) is 0 Å². The van der Waals surface area contributed by atoms with Crippen LogP contribution in [-0.2, 0) is 14.3 Å². The van der Waals surface area contributed by atoms with Crippen molar-refractivity contribution in [2.45, 2.75) is 26.7 Å². The predicted octanol–water partition coefficient (Wildman–Crippen LogP) is 3.11. The van der Waals surface area contributed by atoms with Crippen molar-refractivity contribution < 1.29 is 14.3 Å². The number of carbonyl (C=O) groups excluding carboxylic acids is 2. The number of ether oxygens (including phenoxy) is 1. The third kappa shape index (κ3) is 7.43. The highest BCUT2D eigenvalue weighted by molar-refractivity contribution is 5.92. The Morgan fingerprint density at radius 1 is 1.18 bits per heavy atom. The molecule has 0 atom stereocenters. The van der Waals surface area contributed by atoms with Crippen molar-refractivity contribution in [1.82, 2.24) is 5.32 Å². The molecule has 0 aliphatic heterocycles. The number of hydrogen-bond donors (Lipinski definition) is 1. The maximum atomic E-state index is 11.5. The maximum Gasteiger partial charge on any atom is 0.330 e. The van der Waals surface area contributed by atoms with Crippen molar-refractivity contribution in [3.05, 3.63) is 53.6 Å². The largest absolute Gasteiger partial charge is 0.463 e.